The molecule has 0 saturated carbocycles. The minimum Gasteiger partial charge on any atom is -0.476 e. The third kappa shape index (κ3) is 7.96. The number of aromatic nitrogens is 2. The monoisotopic (exact) mass is 507 g/mol. The summed E-state index contributed by atoms with van der Waals surface area (Å²) in [5.74, 6) is 4.83. The van der Waals surface area contributed by atoms with Gasteiger partial charge in [-0.3, -0.25) is 9.69 Å². The van der Waals surface area contributed by atoms with Gasteiger partial charge >= 0.3 is 0 Å². The molecule has 1 aromatic carbocycles. The molecule has 0 radical (unpaired) electrons. The standard InChI is InChI=1S/C29H31F2N3O3/c1-28(2,3)26-18-24(33-37-26)17-25(35)16-22-7-4-21(5-8-22)6-9-23-10-11-27(32-19-23)36-15-14-34-13-12-29(30,31)20-34/h4-5,7-8,10-11,18-19H,12-17,20H2,1-3H3. The highest BCUT2D eigenvalue weighted by Crippen LogP contribution is 2.26. The van der Waals surface area contributed by atoms with Crippen molar-refractivity contribution in [2.24, 2.45) is 0 Å². The number of likely N-dealkylation sites (tertiary alicyclic amines) is 1. The molecule has 0 atom stereocenters. The zero-order valence-electron chi connectivity index (χ0n) is 21.4. The Bertz CT molecular complexity index is 1270. The van der Waals surface area contributed by atoms with Gasteiger partial charge in [-0.25, -0.2) is 13.8 Å². The Morgan fingerprint density at radius 2 is 1.84 bits per heavy atom. The lowest BCUT2D eigenvalue weighted by molar-refractivity contribution is -0.117. The maximum Gasteiger partial charge on any atom is 0.261 e. The first-order valence-electron chi connectivity index (χ1n) is 12.3. The number of carbonyl (C=O) groups excluding carboxylic acids is 1. The van der Waals surface area contributed by atoms with E-state index in [-0.39, 0.29) is 30.6 Å². The highest BCUT2D eigenvalue weighted by molar-refractivity contribution is 5.82. The number of rotatable bonds is 8. The average Bonchev–Trinajstić information content (AvgIpc) is 3.45. The summed E-state index contributed by atoms with van der Waals surface area (Å²) in [5, 5.41) is 4.02. The van der Waals surface area contributed by atoms with Crippen molar-refractivity contribution in [2.45, 2.75) is 51.4 Å². The van der Waals surface area contributed by atoms with Crippen LogP contribution in [0.3, 0.4) is 0 Å². The first kappa shape index (κ1) is 26.5. The first-order chi connectivity index (χ1) is 17.6. The first-order valence-corrected chi connectivity index (χ1v) is 12.3. The van der Waals surface area contributed by atoms with Crippen LogP contribution in [-0.4, -0.2) is 53.0 Å². The van der Waals surface area contributed by atoms with Crippen LogP contribution in [0.25, 0.3) is 0 Å². The van der Waals surface area contributed by atoms with E-state index in [0.717, 1.165) is 22.5 Å². The molecule has 37 heavy (non-hydrogen) atoms. The van der Waals surface area contributed by atoms with Crippen molar-refractivity contribution in [1.82, 2.24) is 15.0 Å². The minimum absolute atomic E-state index is 0.0688. The number of alkyl halides is 2. The van der Waals surface area contributed by atoms with Gasteiger partial charge in [-0.15, -0.1) is 0 Å². The molecule has 8 heteroatoms. The molecule has 1 aliphatic rings. The summed E-state index contributed by atoms with van der Waals surface area (Å²) < 4.78 is 37.4. The number of halogens is 2. The summed E-state index contributed by atoms with van der Waals surface area (Å²) in [4.78, 5) is 18.4. The fourth-order valence-corrected chi connectivity index (χ4v) is 3.91. The van der Waals surface area contributed by atoms with Crippen LogP contribution in [0.5, 0.6) is 5.88 Å². The zero-order valence-corrected chi connectivity index (χ0v) is 21.4. The highest BCUT2D eigenvalue weighted by Gasteiger charge is 2.37. The van der Waals surface area contributed by atoms with Crippen LogP contribution in [0, 0.1) is 11.8 Å². The van der Waals surface area contributed by atoms with E-state index < -0.39 is 5.92 Å². The van der Waals surface area contributed by atoms with Crippen LogP contribution in [0.4, 0.5) is 8.78 Å². The molecule has 3 heterocycles. The van der Waals surface area contributed by atoms with Gasteiger partial charge in [0.1, 0.15) is 18.2 Å². The third-order valence-corrected chi connectivity index (χ3v) is 6.03. The Balaban J connectivity index is 1.23. The molecule has 1 fully saturated rings. The zero-order chi connectivity index (χ0) is 26.5. The van der Waals surface area contributed by atoms with Crippen LogP contribution < -0.4 is 4.74 Å². The maximum absolute atomic E-state index is 13.2. The van der Waals surface area contributed by atoms with Gasteiger partial charge in [0.05, 0.1) is 18.7 Å². The molecule has 1 aliphatic heterocycles. The van der Waals surface area contributed by atoms with Crippen LogP contribution in [-0.2, 0) is 23.1 Å². The quantitative estimate of drug-likeness (QED) is 0.407. The fraction of sp³-hybridized carbons (Fsp3) is 0.414. The summed E-state index contributed by atoms with van der Waals surface area (Å²) in [7, 11) is 0. The Morgan fingerprint density at radius 3 is 2.46 bits per heavy atom. The van der Waals surface area contributed by atoms with E-state index in [2.05, 4.69) is 22.0 Å². The molecular formula is C29H31F2N3O3. The molecule has 194 valence electrons. The SMILES string of the molecule is CC(C)(C)c1cc(CC(=O)Cc2ccc(C#Cc3ccc(OCCN4CCC(F)(F)C4)nc3)cc2)no1. The summed E-state index contributed by atoms with van der Waals surface area (Å²) >= 11 is 0. The van der Waals surface area contributed by atoms with Gasteiger partial charge in [0.2, 0.25) is 5.88 Å². The number of hydrogen-bond donors (Lipinski definition) is 0. The van der Waals surface area contributed by atoms with E-state index in [1.54, 1.807) is 23.2 Å². The number of Topliss-reactive ketones (excluding diaryl/α,β-unsaturated/α-hetero) is 1. The summed E-state index contributed by atoms with van der Waals surface area (Å²) in [5.41, 5.74) is 2.97. The lowest BCUT2D eigenvalue weighted by atomic mass is 9.93. The summed E-state index contributed by atoms with van der Waals surface area (Å²) in [6, 6.07) is 12.9. The lowest BCUT2D eigenvalue weighted by Crippen LogP contribution is -2.29. The molecule has 2 aromatic heterocycles. The summed E-state index contributed by atoms with van der Waals surface area (Å²) in [6.45, 7) is 7.04. The normalized spacial score (nSPS) is 15.3. The van der Waals surface area contributed by atoms with Gasteiger partial charge in [-0.1, -0.05) is 49.9 Å². The topological polar surface area (TPSA) is 68.5 Å². The Labute approximate surface area is 216 Å². The van der Waals surface area contributed by atoms with E-state index in [4.69, 9.17) is 9.26 Å². The van der Waals surface area contributed by atoms with E-state index in [0.29, 0.717) is 37.7 Å². The minimum atomic E-state index is -2.59. The number of pyridine rings is 1. The molecule has 0 aliphatic carbocycles. The number of nitrogens with zero attached hydrogens (tertiary/aromatic N) is 3. The Morgan fingerprint density at radius 1 is 1.11 bits per heavy atom. The van der Waals surface area contributed by atoms with Crippen molar-refractivity contribution in [3.8, 4) is 17.7 Å². The predicted molar refractivity (Wildman–Crippen MR) is 136 cm³/mol. The molecule has 0 N–H and O–H groups in total. The Hall–Kier alpha value is -3.57. The van der Waals surface area contributed by atoms with Crippen LogP contribution in [0.2, 0.25) is 0 Å². The van der Waals surface area contributed by atoms with Crippen molar-refractivity contribution in [2.75, 3.05) is 26.2 Å². The average molecular weight is 508 g/mol. The number of hydrogen-bond acceptors (Lipinski definition) is 6. The smallest absolute Gasteiger partial charge is 0.261 e. The molecule has 0 unspecified atom stereocenters. The van der Waals surface area contributed by atoms with Crippen molar-refractivity contribution in [1.29, 1.82) is 0 Å². The largest absolute Gasteiger partial charge is 0.476 e. The van der Waals surface area contributed by atoms with Crippen molar-refractivity contribution in [3.05, 3.63) is 76.8 Å². The van der Waals surface area contributed by atoms with Crippen LogP contribution in [0.15, 0.2) is 53.2 Å². The van der Waals surface area contributed by atoms with Crippen LogP contribution in [0.1, 0.15) is 55.3 Å². The van der Waals surface area contributed by atoms with Crippen LogP contribution >= 0.6 is 0 Å². The molecule has 3 aromatic rings. The second-order valence-corrected chi connectivity index (χ2v) is 10.4. The molecule has 6 nitrogen and oxygen atoms in total. The number of benzene rings is 1. The van der Waals surface area contributed by atoms with Gasteiger partial charge < -0.3 is 9.26 Å². The Kier molecular flexibility index (Phi) is 8.03. The van der Waals surface area contributed by atoms with Crippen molar-refractivity contribution < 1.29 is 22.8 Å². The molecule has 0 amide bonds. The third-order valence-electron chi connectivity index (χ3n) is 6.03. The van der Waals surface area contributed by atoms with Gasteiger partial charge in [0.15, 0.2) is 0 Å². The van der Waals surface area contributed by atoms with Gasteiger partial charge in [-0.05, 0) is 23.8 Å². The lowest BCUT2D eigenvalue weighted by Gasteiger charge is -2.15. The fourth-order valence-electron chi connectivity index (χ4n) is 3.91. The number of ketones is 1. The van der Waals surface area contributed by atoms with Crippen molar-refractivity contribution in [3.63, 3.8) is 0 Å². The maximum atomic E-state index is 13.2. The van der Waals surface area contributed by atoms with Gasteiger partial charge in [0.25, 0.3) is 5.92 Å². The molecule has 0 bridgehead atoms. The summed E-state index contributed by atoms with van der Waals surface area (Å²) in [6.07, 6.45) is 2.08. The predicted octanol–water partition coefficient (Wildman–Crippen LogP) is 4.84. The second-order valence-electron chi connectivity index (χ2n) is 10.4. The van der Waals surface area contributed by atoms with Gasteiger partial charge in [-0.2, -0.15) is 0 Å². The van der Waals surface area contributed by atoms with E-state index in [1.807, 2.05) is 51.1 Å². The molecular weight excluding hydrogens is 476 g/mol. The van der Waals surface area contributed by atoms with Crippen molar-refractivity contribution >= 4 is 5.78 Å². The number of carbonyl (C=O) groups is 1. The molecule has 0 spiro atoms. The molecule has 1 saturated heterocycles. The highest BCUT2D eigenvalue weighted by atomic mass is 19.3. The molecule has 4 rings (SSSR count). The van der Waals surface area contributed by atoms with E-state index in [9.17, 15) is 13.6 Å². The second kappa shape index (κ2) is 11.2. The van der Waals surface area contributed by atoms with E-state index in [1.165, 1.54) is 0 Å². The number of ether oxygens (including phenoxy) is 1. The van der Waals surface area contributed by atoms with Gasteiger partial charge in [0, 0.05) is 60.8 Å². The van der Waals surface area contributed by atoms with E-state index >= 15 is 0 Å².